The summed E-state index contributed by atoms with van der Waals surface area (Å²) in [5, 5.41) is 21.3. The van der Waals surface area contributed by atoms with Crippen LogP contribution in [0.15, 0.2) is 60.8 Å². The van der Waals surface area contributed by atoms with E-state index in [1.54, 1.807) is 0 Å². The highest BCUT2D eigenvalue weighted by Crippen LogP contribution is 2.51. The molecule has 0 bridgehead atoms. The molecule has 1 saturated carbocycles. The second-order valence-corrected chi connectivity index (χ2v) is 10.7. The average Bonchev–Trinajstić information content (AvgIpc) is 3.70. The molecule has 2 N–H and O–H groups in total. The van der Waals surface area contributed by atoms with Crippen LogP contribution in [0.3, 0.4) is 0 Å². The summed E-state index contributed by atoms with van der Waals surface area (Å²) in [5.41, 5.74) is -6.06. The summed E-state index contributed by atoms with van der Waals surface area (Å²) in [6, 6.07) is 11.1. The molecule has 5 rings (SSSR count). The van der Waals surface area contributed by atoms with Crippen LogP contribution in [0.5, 0.6) is 0 Å². The number of carbonyl (C=O) groups excluding carboxylic acids is 1. The van der Waals surface area contributed by atoms with Crippen LogP contribution in [0.4, 0.5) is 13.2 Å². The highest BCUT2D eigenvalue weighted by atomic mass is 35.5. The number of amides is 1. The molecule has 6 nitrogen and oxygen atoms in total. The van der Waals surface area contributed by atoms with E-state index in [4.69, 9.17) is 21.8 Å². The minimum Gasteiger partial charge on any atom is -0.396 e. The highest BCUT2D eigenvalue weighted by molar-refractivity contribution is 6.30. The quantitative estimate of drug-likeness (QED) is 0.371. The number of ether oxygens (including phenoxy) is 1. The van der Waals surface area contributed by atoms with Gasteiger partial charge in [-0.05, 0) is 62.6 Å². The van der Waals surface area contributed by atoms with Crippen LogP contribution in [0, 0.1) is 5.41 Å². The van der Waals surface area contributed by atoms with Crippen LogP contribution in [0.2, 0.25) is 5.02 Å². The molecule has 0 saturated heterocycles. The third-order valence-electron chi connectivity index (χ3n) is 7.02. The Balaban J connectivity index is 1.79. The van der Waals surface area contributed by atoms with E-state index >= 15 is 0 Å². The second kappa shape index (κ2) is 9.59. The first kappa shape index (κ1) is 22.8. The van der Waals surface area contributed by atoms with Crippen LogP contribution in [0.1, 0.15) is 70.5 Å². The van der Waals surface area contributed by atoms with Crippen molar-refractivity contribution in [2.24, 2.45) is 5.41 Å². The smallest absolute Gasteiger partial charge is 0.396 e. The van der Waals surface area contributed by atoms with Crippen molar-refractivity contribution in [3.05, 3.63) is 99.3 Å². The lowest BCUT2D eigenvalue weighted by Crippen LogP contribution is -2.47. The summed E-state index contributed by atoms with van der Waals surface area (Å²) >= 11 is 5.99. The first-order chi connectivity index (χ1) is 19.7. The van der Waals surface area contributed by atoms with Crippen LogP contribution >= 0.6 is 11.6 Å². The minimum atomic E-state index is -4.69. The Bertz CT molecular complexity index is 1550. The number of nitrogens with zero attached hydrogens (tertiary/aromatic N) is 2. The zero-order chi connectivity index (χ0) is 31.8. The van der Waals surface area contributed by atoms with Gasteiger partial charge in [-0.15, -0.1) is 0 Å². The lowest BCUT2D eigenvalue weighted by molar-refractivity contribution is -0.138. The normalized spacial score (nSPS) is 22.6. The maximum atomic E-state index is 14.2. The Hall–Kier alpha value is -2.98. The molecule has 1 aliphatic heterocycles. The summed E-state index contributed by atoms with van der Waals surface area (Å²) in [7, 11) is 0. The van der Waals surface area contributed by atoms with Crippen LogP contribution < -0.4 is 0 Å². The van der Waals surface area contributed by atoms with Gasteiger partial charge in [-0.3, -0.25) is 14.7 Å². The van der Waals surface area contributed by atoms with Gasteiger partial charge in [0.1, 0.15) is 0 Å². The third-order valence-corrected chi connectivity index (χ3v) is 7.24. The van der Waals surface area contributed by atoms with Crippen LogP contribution in [-0.2, 0) is 28.8 Å². The summed E-state index contributed by atoms with van der Waals surface area (Å²) in [4.78, 5) is 19.5. The van der Waals surface area contributed by atoms with E-state index in [1.807, 2.05) is 0 Å². The summed E-state index contributed by atoms with van der Waals surface area (Å²) in [6.45, 7) is -3.30. The maximum Gasteiger partial charge on any atom is 0.416 e. The Labute approximate surface area is 234 Å². The summed E-state index contributed by atoms with van der Waals surface area (Å²) in [5.74, 6) is -0.703. The lowest BCUT2D eigenvalue weighted by Gasteiger charge is -2.40. The molecule has 2 heterocycles. The molecule has 3 aromatic rings. The molecule has 10 heteroatoms. The van der Waals surface area contributed by atoms with E-state index in [-0.39, 0.29) is 41.8 Å². The van der Waals surface area contributed by atoms with Crippen LogP contribution in [-0.4, -0.2) is 39.1 Å². The molecule has 1 atom stereocenters. The van der Waals surface area contributed by atoms with Gasteiger partial charge in [0, 0.05) is 28.3 Å². The number of hydrogen-bond donors (Lipinski definition) is 2. The molecule has 206 valence electrons. The van der Waals surface area contributed by atoms with Crippen molar-refractivity contribution in [1.82, 2.24) is 9.88 Å². The van der Waals surface area contributed by atoms with E-state index < -0.39 is 47.5 Å². The van der Waals surface area contributed by atoms with Crippen LogP contribution in [0.25, 0.3) is 0 Å². The molecule has 39 heavy (non-hydrogen) atoms. The van der Waals surface area contributed by atoms with Gasteiger partial charge in [0.2, 0.25) is 0 Å². The molecular formula is C29H28ClF3N2O4. The number of benzene rings is 2. The number of aromatic nitrogens is 1. The van der Waals surface area contributed by atoms with Gasteiger partial charge in [-0.1, -0.05) is 35.9 Å². The van der Waals surface area contributed by atoms with Gasteiger partial charge in [-0.2, -0.15) is 13.2 Å². The van der Waals surface area contributed by atoms with E-state index in [0.29, 0.717) is 10.6 Å². The highest BCUT2D eigenvalue weighted by Gasteiger charge is 2.55. The van der Waals surface area contributed by atoms with E-state index in [0.717, 1.165) is 29.2 Å². The molecule has 1 aliphatic carbocycles. The summed E-state index contributed by atoms with van der Waals surface area (Å²) < 4.78 is 80.7. The van der Waals surface area contributed by atoms with Gasteiger partial charge in [0.05, 0.1) is 47.0 Å². The first-order valence-corrected chi connectivity index (χ1v) is 12.5. The van der Waals surface area contributed by atoms with E-state index in [1.165, 1.54) is 50.4 Å². The number of halogens is 4. The molecule has 1 aromatic heterocycles. The predicted octanol–water partition coefficient (Wildman–Crippen LogP) is 5.63. The van der Waals surface area contributed by atoms with Crippen molar-refractivity contribution < 1.29 is 38.4 Å². The van der Waals surface area contributed by atoms with Gasteiger partial charge in [0.15, 0.2) is 5.72 Å². The van der Waals surface area contributed by atoms with E-state index in [2.05, 4.69) is 4.98 Å². The number of pyridine rings is 1. The molecule has 0 unspecified atom stereocenters. The Morgan fingerprint density at radius 3 is 2.31 bits per heavy atom. The lowest BCUT2D eigenvalue weighted by atomic mass is 9.89. The maximum absolute atomic E-state index is 14.2. The molecule has 0 radical (unpaired) electrons. The predicted molar refractivity (Wildman–Crippen MR) is 138 cm³/mol. The standard InChI is InChI=1S/C29H28ClF3N2O4/c1-26(2,38)20-7-10-24-23(13-20)25(37)35(15-22-9-8-21(30)14-34-22)28(24,39-17-27(16-36)11-12-27)18-3-5-19(6-4-18)29(31,32)33/h3-10,13-14,36,38H,11-12,15-17H2,1-2H3/t28-/m1/s1/i16D2,17D2. The monoisotopic (exact) mass is 564 g/mol. The Morgan fingerprint density at radius 1 is 1.10 bits per heavy atom. The molecular weight excluding hydrogens is 533 g/mol. The number of carbonyl (C=O) groups is 1. The third kappa shape index (κ3) is 5.04. The van der Waals surface area contributed by atoms with Crippen molar-refractivity contribution in [1.29, 1.82) is 0 Å². The Morgan fingerprint density at radius 2 is 1.77 bits per heavy atom. The molecule has 1 fully saturated rings. The first-order valence-electron chi connectivity index (χ1n) is 14.1. The SMILES string of the molecule is [2H]C([2H])(O)C1(C([2H])([2H])O[C@]2(c3ccc(C(F)(F)F)cc3)c3ccc(C(C)(C)O)cc3C(=O)N2Cc2ccc(Cl)cn2)CC1. The number of rotatable bonds is 8. The molecule has 2 aliphatic rings. The van der Waals surface area contributed by atoms with Gasteiger partial charge in [-0.25, -0.2) is 0 Å². The number of alkyl halides is 3. The Kier molecular flexibility index (Phi) is 5.60. The van der Waals surface area contributed by atoms with Gasteiger partial charge >= 0.3 is 6.18 Å². The zero-order valence-electron chi connectivity index (χ0n) is 25.0. The summed E-state index contributed by atoms with van der Waals surface area (Å²) in [6.07, 6.45) is -3.55. The fraction of sp³-hybridized carbons (Fsp3) is 0.379. The van der Waals surface area contributed by atoms with Crippen molar-refractivity contribution in [3.63, 3.8) is 0 Å². The van der Waals surface area contributed by atoms with Crippen molar-refractivity contribution in [2.45, 2.75) is 50.7 Å². The molecule has 0 spiro atoms. The zero-order valence-corrected chi connectivity index (χ0v) is 21.8. The topological polar surface area (TPSA) is 82.9 Å². The number of hydrogen-bond acceptors (Lipinski definition) is 5. The number of aliphatic hydroxyl groups is 2. The fourth-order valence-corrected chi connectivity index (χ4v) is 4.69. The van der Waals surface area contributed by atoms with Gasteiger partial charge in [0.25, 0.3) is 5.91 Å². The largest absolute Gasteiger partial charge is 0.416 e. The van der Waals surface area contributed by atoms with E-state index in [9.17, 15) is 28.2 Å². The fourth-order valence-electron chi connectivity index (χ4n) is 4.57. The average molecular weight is 565 g/mol. The number of fused-ring (bicyclic) bond motifs is 1. The molecule has 1 amide bonds. The van der Waals surface area contributed by atoms with Crippen molar-refractivity contribution >= 4 is 17.5 Å². The van der Waals surface area contributed by atoms with Crippen molar-refractivity contribution in [3.8, 4) is 0 Å². The van der Waals surface area contributed by atoms with Gasteiger partial charge < -0.3 is 14.9 Å². The second-order valence-electron chi connectivity index (χ2n) is 10.3. The molecule has 2 aromatic carbocycles. The van der Waals surface area contributed by atoms with Crippen molar-refractivity contribution in [2.75, 3.05) is 13.1 Å². The minimum absolute atomic E-state index is 0.0128.